The molecule has 0 bridgehead atoms. The zero-order valence-electron chi connectivity index (χ0n) is 13.8. The minimum atomic E-state index is 0.192. The Bertz CT molecular complexity index is 561. The van der Waals surface area contributed by atoms with Crippen molar-refractivity contribution in [3.63, 3.8) is 0 Å². The summed E-state index contributed by atoms with van der Waals surface area (Å²) in [7, 11) is 0. The van der Waals surface area contributed by atoms with Crippen LogP contribution in [0.1, 0.15) is 52.4 Å². The molecule has 1 unspecified atom stereocenters. The first kappa shape index (κ1) is 15.8. The van der Waals surface area contributed by atoms with Crippen LogP contribution in [0.3, 0.4) is 0 Å². The minimum Gasteiger partial charge on any atom is -0.341 e. The molecule has 3 heteroatoms. The number of nitrogens with zero attached hydrogens (tertiary/aromatic N) is 1. The van der Waals surface area contributed by atoms with Crippen molar-refractivity contribution >= 4 is 0 Å². The molecule has 0 saturated heterocycles. The lowest BCUT2D eigenvalue weighted by Gasteiger charge is -2.18. The molecular weight excluding hydrogens is 258 g/mol. The average Bonchev–Trinajstić information content (AvgIpc) is 2.93. The fourth-order valence-corrected chi connectivity index (χ4v) is 2.16. The van der Waals surface area contributed by atoms with Crippen molar-refractivity contribution in [2.24, 2.45) is 0 Å². The standard InChI is InChI=1S/C18H27N3/c1-6-13(2)19-12-17-20-11-16(21-17)14-7-9-15(10-8-14)18(3,4)5/h7-11,13,19H,6,12H2,1-5H3,(H,20,21). The second-order valence-electron chi connectivity index (χ2n) is 6.76. The summed E-state index contributed by atoms with van der Waals surface area (Å²) in [6.45, 7) is 11.9. The zero-order chi connectivity index (χ0) is 15.5. The predicted octanol–water partition coefficient (Wildman–Crippen LogP) is 4.26. The molecule has 2 aromatic rings. The summed E-state index contributed by atoms with van der Waals surface area (Å²) in [4.78, 5) is 7.85. The van der Waals surface area contributed by atoms with Crippen molar-refractivity contribution in [3.05, 3.63) is 41.9 Å². The molecule has 1 heterocycles. The Hall–Kier alpha value is -1.61. The highest BCUT2D eigenvalue weighted by atomic mass is 15.0. The smallest absolute Gasteiger partial charge is 0.120 e. The van der Waals surface area contributed by atoms with Gasteiger partial charge in [-0.1, -0.05) is 52.0 Å². The lowest BCUT2D eigenvalue weighted by Crippen LogP contribution is -2.24. The lowest BCUT2D eigenvalue weighted by atomic mass is 9.86. The fourth-order valence-electron chi connectivity index (χ4n) is 2.16. The van der Waals surface area contributed by atoms with Gasteiger partial charge in [-0.3, -0.25) is 0 Å². The first-order chi connectivity index (χ1) is 9.90. The van der Waals surface area contributed by atoms with Crippen molar-refractivity contribution in [2.75, 3.05) is 0 Å². The van der Waals surface area contributed by atoms with E-state index in [9.17, 15) is 0 Å². The number of imidazole rings is 1. The normalized spacial score (nSPS) is 13.4. The van der Waals surface area contributed by atoms with Crippen molar-refractivity contribution in [1.29, 1.82) is 0 Å². The van der Waals surface area contributed by atoms with Crippen LogP contribution in [0.25, 0.3) is 11.3 Å². The first-order valence-electron chi connectivity index (χ1n) is 7.78. The van der Waals surface area contributed by atoms with Gasteiger partial charge >= 0.3 is 0 Å². The quantitative estimate of drug-likeness (QED) is 0.861. The van der Waals surface area contributed by atoms with Gasteiger partial charge < -0.3 is 10.3 Å². The van der Waals surface area contributed by atoms with Gasteiger partial charge in [0.1, 0.15) is 5.82 Å². The van der Waals surface area contributed by atoms with Crippen LogP contribution in [0.4, 0.5) is 0 Å². The van der Waals surface area contributed by atoms with Gasteiger partial charge in [0.2, 0.25) is 0 Å². The van der Waals surface area contributed by atoms with Crippen molar-refractivity contribution in [3.8, 4) is 11.3 Å². The van der Waals surface area contributed by atoms with Crippen LogP contribution in [0, 0.1) is 0 Å². The molecule has 0 aliphatic heterocycles. The van der Waals surface area contributed by atoms with Crippen LogP contribution in [0.2, 0.25) is 0 Å². The second kappa shape index (κ2) is 6.44. The van der Waals surface area contributed by atoms with E-state index in [-0.39, 0.29) is 5.41 Å². The Morgan fingerprint density at radius 1 is 1.19 bits per heavy atom. The third-order valence-corrected chi connectivity index (χ3v) is 3.92. The summed E-state index contributed by atoms with van der Waals surface area (Å²) >= 11 is 0. The molecule has 0 spiro atoms. The van der Waals surface area contributed by atoms with Crippen LogP contribution < -0.4 is 5.32 Å². The third-order valence-electron chi connectivity index (χ3n) is 3.92. The summed E-state index contributed by atoms with van der Waals surface area (Å²) in [5.74, 6) is 0.991. The SMILES string of the molecule is CCC(C)NCc1ncc(-c2ccc(C(C)(C)C)cc2)[nH]1. The van der Waals surface area contributed by atoms with Gasteiger partial charge in [0.25, 0.3) is 0 Å². The predicted molar refractivity (Wildman–Crippen MR) is 89.3 cm³/mol. The van der Waals surface area contributed by atoms with E-state index in [2.05, 4.69) is 74.2 Å². The lowest BCUT2D eigenvalue weighted by molar-refractivity contribution is 0.525. The summed E-state index contributed by atoms with van der Waals surface area (Å²) in [5, 5.41) is 3.45. The molecule has 114 valence electrons. The van der Waals surface area contributed by atoms with Crippen LogP contribution in [0.5, 0.6) is 0 Å². The molecule has 1 atom stereocenters. The van der Waals surface area contributed by atoms with E-state index in [0.29, 0.717) is 6.04 Å². The number of aromatic amines is 1. The van der Waals surface area contributed by atoms with E-state index in [4.69, 9.17) is 0 Å². The van der Waals surface area contributed by atoms with Gasteiger partial charge in [-0.15, -0.1) is 0 Å². The molecule has 0 radical (unpaired) electrons. The second-order valence-corrected chi connectivity index (χ2v) is 6.76. The van der Waals surface area contributed by atoms with E-state index in [1.807, 2.05) is 6.20 Å². The van der Waals surface area contributed by atoms with Gasteiger partial charge in [-0.25, -0.2) is 4.98 Å². The molecular formula is C18H27N3. The minimum absolute atomic E-state index is 0.192. The maximum atomic E-state index is 4.45. The van der Waals surface area contributed by atoms with Crippen molar-refractivity contribution < 1.29 is 0 Å². The molecule has 0 aliphatic rings. The number of H-pyrrole nitrogens is 1. The highest BCUT2D eigenvalue weighted by Crippen LogP contribution is 2.25. The van der Waals surface area contributed by atoms with E-state index < -0.39 is 0 Å². The molecule has 0 saturated carbocycles. The molecule has 2 rings (SSSR count). The van der Waals surface area contributed by atoms with Crippen LogP contribution >= 0.6 is 0 Å². The number of nitrogens with one attached hydrogen (secondary N) is 2. The molecule has 0 fully saturated rings. The Kier molecular flexibility index (Phi) is 4.84. The van der Waals surface area contributed by atoms with E-state index in [1.165, 1.54) is 11.1 Å². The Morgan fingerprint density at radius 3 is 2.43 bits per heavy atom. The van der Waals surface area contributed by atoms with E-state index in [1.54, 1.807) is 0 Å². The Labute approximate surface area is 128 Å². The summed E-state index contributed by atoms with van der Waals surface area (Å²) < 4.78 is 0. The number of benzene rings is 1. The fraction of sp³-hybridized carbons (Fsp3) is 0.500. The van der Waals surface area contributed by atoms with E-state index >= 15 is 0 Å². The van der Waals surface area contributed by atoms with Crippen LogP contribution in [0.15, 0.2) is 30.5 Å². The Morgan fingerprint density at radius 2 is 1.86 bits per heavy atom. The van der Waals surface area contributed by atoms with Gasteiger partial charge in [0, 0.05) is 6.04 Å². The molecule has 0 amide bonds. The van der Waals surface area contributed by atoms with Gasteiger partial charge in [-0.2, -0.15) is 0 Å². The highest BCUT2D eigenvalue weighted by Gasteiger charge is 2.13. The number of aromatic nitrogens is 2. The number of rotatable bonds is 5. The summed E-state index contributed by atoms with van der Waals surface area (Å²) in [5.41, 5.74) is 3.81. The van der Waals surface area contributed by atoms with Crippen LogP contribution in [-0.2, 0) is 12.0 Å². The van der Waals surface area contributed by atoms with Gasteiger partial charge in [-0.05, 0) is 29.9 Å². The summed E-state index contributed by atoms with van der Waals surface area (Å²) in [6.07, 6.45) is 3.04. The maximum Gasteiger partial charge on any atom is 0.120 e. The van der Waals surface area contributed by atoms with Crippen LogP contribution in [-0.4, -0.2) is 16.0 Å². The molecule has 21 heavy (non-hydrogen) atoms. The van der Waals surface area contributed by atoms with Gasteiger partial charge in [0.15, 0.2) is 0 Å². The molecule has 0 aliphatic carbocycles. The number of hydrogen-bond donors (Lipinski definition) is 2. The highest BCUT2D eigenvalue weighted by molar-refractivity contribution is 5.59. The molecule has 2 N–H and O–H groups in total. The van der Waals surface area contributed by atoms with E-state index in [0.717, 1.165) is 24.5 Å². The average molecular weight is 285 g/mol. The maximum absolute atomic E-state index is 4.45. The number of hydrogen-bond acceptors (Lipinski definition) is 2. The topological polar surface area (TPSA) is 40.7 Å². The zero-order valence-corrected chi connectivity index (χ0v) is 13.8. The molecule has 3 nitrogen and oxygen atoms in total. The van der Waals surface area contributed by atoms with Crippen molar-refractivity contribution in [2.45, 2.75) is 59.0 Å². The Balaban J connectivity index is 2.07. The molecule has 1 aromatic carbocycles. The molecule has 1 aromatic heterocycles. The van der Waals surface area contributed by atoms with Crippen molar-refractivity contribution in [1.82, 2.24) is 15.3 Å². The third kappa shape index (κ3) is 4.18. The monoisotopic (exact) mass is 285 g/mol. The first-order valence-corrected chi connectivity index (χ1v) is 7.78. The van der Waals surface area contributed by atoms with Gasteiger partial charge in [0.05, 0.1) is 18.4 Å². The summed E-state index contributed by atoms with van der Waals surface area (Å²) in [6, 6.07) is 9.25. The largest absolute Gasteiger partial charge is 0.341 e.